The number of nitrogens with one attached hydrogen (secondary N) is 1. The van der Waals surface area contributed by atoms with E-state index in [2.05, 4.69) is 15.5 Å². The van der Waals surface area contributed by atoms with Gasteiger partial charge in [-0.15, -0.1) is 11.3 Å². The zero-order valence-corrected chi connectivity index (χ0v) is 12.6. The molecule has 0 radical (unpaired) electrons. The Kier molecular flexibility index (Phi) is 3.93. The minimum atomic E-state index is -0.842. The molecule has 0 saturated heterocycles. The van der Waals surface area contributed by atoms with E-state index < -0.39 is 11.4 Å². The first-order valence-electron chi connectivity index (χ1n) is 6.96. The zero-order valence-electron chi connectivity index (χ0n) is 11.7. The van der Waals surface area contributed by atoms with Crippen LogP contribution in [0.1, 0.15) is 25.2 Å². The molecule has 0 aliphatic heterocycles. The third kappa shape index (κ3) is 3.16. The molecule has 1 aliphatic carbocycles. The number of carbonyl (C=O) groups excluding carboxylic acids is 1. The van der Waals surface area contributed by atoms with Crippen LogP contribution in [-0.2, 0) is 16.0 Å². The minimum Gasteiger partial charge on any atom is -0.481 e. The van der Waals surface area contributed by atoms with Gasteiger partial charge in [0.05, 0.1) is 10.3 Å². The number of carbonyl (C=O) groups is 2. The van der Waals surface area contributed by atoms with E-state index in [1.807, 2.05) is 17.5 Å². The van der Waals surface area contributed by atoms with Crippen LogP contribution >= 0.6 is 11.3 Å². The maximum Gasteiger partial charge on any atom is 0.311 e. The second kappa shape index (κ2) is 5.88. The van der Waals surface area contributed by atoms with Gasteiger partial charge >= 0.3 is 5.97 Å². The zero-order chi connectivity index (χ0) is 15.6. The van der Waals surface area contributed by atoms with Gasteiger partial charge in [0.15, 0.2) is 0 Å². The molecule has 1 saturated carbocycles. The first-order chi connectivity index (χ1) is 10.6. The van der Waals surface area contributed by atoms with Gasteiger partial charge in [-0.05, 0) is 24.3 Å². The number of hydrogen-bond donors (Lipinski definition) is 2. The van der Waals surface area contributed by atoms with Crippen molar-refractivity contribution in [1.82, 2.24) is 15.5 Å². The summed E-state index contributed by atoms with van der Waals surface area (Å²) in [4.78, 5) is 27.9. The van der Waals surface area contributed by atoms with E-state index in [0.717, 1.165) is 4.88 Å². The van der Waals surface area contributed by atoms with E-state index in [1.165, 1.54) is 11.3 Å². The summed E-state index contributed by atoms with van der Waals surface area (Å²) in [5.41, 5.74) is -0.744. The molecule has 2 aromatic heterocycles. The van der Waals surface area contributed by atoms with Crippen molar-refractivity contribution in [2.24, 2.45) is 5.41 Å². The van der Waals surface area contributed by atoms with E-state index in [0.29, 0.717) is 31.0 Å². The van der Waals surface area contributed by atoms with Gasteiger partial charge in [-0.3, -0.25) is 9.59 Å². The van der Waals surface area contributed by atoms with Gasteiger partial charge in [-0.25, -0.2) is 0 Å². The smallest absolute Gasteiger partial charge is 0.311 e. The lowest BCUT2D eigenvalue weighted by Gasteiger charge is -2.10. The van der Waals surface area contributed by atoms with Gasteiger partial charge in [-0.1, -0.05) is 11.2 Å². The Balaban J connectivity index is 1.46. The van der Waals surface area contributed by atoms with Crippen molar-refractivity contribution >= 4 is 23.2 Å². The molecule has 116 valence electrons. The van der Waals surface area contributed by atoms with Gasteiger partial charge in [0.25, 0.3) is 0 Å². The Hall–Kier alpha value is -2.22. The van der Waals surface area contributed by atoms with Crippen molar-refractivity contribution < 1.29 is 19.2 Å². The summed E-state index contributed by atoms with van der Waals surface area (Å²) in [7, 11) is 0. The number of carboxylic acid groups (broad SMARTS) is 1. The van der Waals surface area contributed by atoms with Crippen molar-refractivity contribution in [1.29, 1.82) is 0 Å². The predicted molar refractivity (Wildman–Crippen MR) is 78.2 cm³/mol. The summed E-state index contributed by atoms with van der Waals surface area (Å²) in [6, 6.07) is 3.80. The normalized spacial score (nSPS) is 15.5. The van der Waals surface area contributed by atoms with Crippen LogP contribution in [0, 0.1) is 5.41 Å². The Morgan fingerprint density at radius 3 is 2.91 bits per heavy atom. The Bertz CT molecular complexity index is 676. The van der Waals surface area contributed by atoms with E-state index in [1.54, 1.807) is 0 Å². The van der Waals surface area contributed by atoms with Crippen LogP contribution in [0.15, 0.2) is 22.0 Å². The first kappa shape index (κ1) is 14.7. The molecule has 0 aromatic carbocycles. The van der Waals surface area contributed by atoms with E-state index in [-0.39, 0.29) is 18.9 Å². The second-order valence-corrected chi connectivity index (χ2v) is 6.30. The lowest BCUT2D eigenvalue weighted by molar-refractivity contribution is -0.143. The molecule has 8 heteroatoms. The first-order valence-corrected chi connectivity index (χ1v) is 7.84. The monoisotopic (exact) mass is 321 g/mol. The maximum atomic E-state index is 11.8. The Labute approximate surface area is 130 Å². The average molecular weight is 321 g/mol. The van der Waals surface area contributed by atoms with Crippen LogP contribution in [-0.4, -0.2) is 33.7 Å². The lowest BCUT2D eigenvalue weighted by atomic mass is 10.1. The molecule has 0 bridgehead atoms. The molecule has 0 atom stereocenters. The molecule has 1 fully saturated rings. The third-order valence-electron chi connectivity index (χ3n) is 3.71. The van der Waals surface area contributed by atoms with Crippen molar-refractivity contribution in [2.45, 2.75) is 25.7 Å². The number of rotatable bonds is 7. The fourth-order valence-corrected chi connectivity index (χ4v) is 2.71. The number of nitrogens with zero attached hydrogens (tertiary/aromatic N) is 2. The summed E-state index contributed by atoms with van der Waals surface area (Å²) >= 11 is 1.51. The van der Waals surface area contributed by atoms with Crippen molar-refractivity contribution in [2.75, 3.05) is 6.54 Å². The molecule has 7 nitrogen and oxygen atoms in total. The standard InChI is InChI=1S/C14H15N3O4S/c18-10(15-8-14(5-6-14)13(19)20)3-4-11-16-12(17-21-11)9-2-1-7-22-9/h1-2,7H,3-6,8H2,(H,15,18)(H,19,20). The van der Waals surface area contributed by atoms with Gasteiger partial charge < -0.3 is 14.9 Å². The fourth-order valence-electron chi connectivity index (χ4n) is 2.06. The Morgan fingerprint density at radius 1 is 1.45 bits per heavy atom. The third-order valence-corrected chi connectivity index (χ3v) is 4.57. The Morgan fingerprint density at radius 2 is 2.27 bits per heavy atom. The van der Waals surface area contributed by atoms with Gasteiger partial charge in [0.1, 0.15) is 0 Å². The molecular formula is C14H15N3O4S. The van der Waals surface area contributed by atoms with Gasteiger partial charge in [0.2, 0.25) is 17.6 Å². The van der Waals surface area contributed by atoms with Crippen molar-refractivity contribution in [3.05, 3.63) is 23.4 Å². The summed E-state index contributed by atoms with van der Waals surface area (Å²) in [5.74, 6) is -0.125. The molecule has 1 amide bonds. The second-order valence-electron chi connectivity index (χ2n) is 5.35. The quantitative estimate of drug-likeness (QED) is 0.804. The van der Waals surface area contributed by atoms with Crippen LogP contribution in [0.2, 0.25) is 0 Å². The van der Waals surface area contributed by atoms with Crippen molar-refractivity contribution in [3.8, 4) is 10.7 Å². The maximum absolute atomic E-state index is 11.8. The predicted octanol–water partition coefficient (Wildman–Crippen LogP) is 1.71. The van der Waals surface area contributed by atoms with Gasteiger partial charge in [-0.2, -0.15) is 4.98 Å². The largest absolute Gasteiger partial charge is 0.481 e. The highest BCUT2D eigenvalue weighted by molar-refractivity contribution is 7.13. The molecule has 3 rings (SSSR count). The molecule has 0 spiro atoms. The molecule has 2 heterocycles. The topological polar surface area (TPSA) is 105 Å². The number of aliphatic carboxylic acids is 1. The number of carboxylic acids is 1. The highest BCUT2D eigenvalue weighted by Crippen LogP contribution is 2.45. The molecule has 1 aliphatic rings. The number of hydrogen-bond acceptors (Lipinski definition) is 6. The molecular weight excluding hydrogens is 306 g/mol. The highest BCUT2D eigenvalue weighted by atomic mass is 32.1. The number of aryl methyl sites for hydroxylation is 1. The number of amides is 1. The lowest BCUT2D eigenvalue weighted by Crippen LogP contribution is -2.34. The number of thiophene rings is 1. The molecule has 0 unspecified atom stereocenters. The van der Waals surface area contributed by atoms with Crippen LogP contribution in [0.25, 0.3) is 10.7 Å². The number of aromatic nitrogens is 2. The van der Waals surface area contributed by atoms with E-state index >= 15 is 0 Å². The summed E-state index contributed by atoms with van der Waals surface area (Å²) in [6.45, 7) is 0.186. The summed E-state index contributed by atoms with van der Waals surface area (Å²) in [5, 5.41) is 17.5. The highest BCUT2D eigenvalue weighted by Gasteiger charge is 2.50. The SMILES string of the molecule is O=C(CCc1nc(-c2cccs2)no1)NCC1(C(=O)O)CC1. The van der Waals surface area contributed by atoms with Crippen molar-refractivity contribution in [3.63, 3.8) is 0 Å². The van der Waals surface area contributed by atoms with Crippen LogP contribution < -0.4 is 5.32 Å². The average Bonchev–Trinajstić information content (AvgIpc) is 2.91. The summed E-state index contributed by atoms with van der Waals surface area (Å²) in [6.07, 6.45) is 1.78. The fraction of sp³-hybridized carbons (Fsp3) is 0.429. The molecule has 2 N–H and O–H groups in total. The minimum absolute atomic E-state index is 0.186. The van der Waals surface area contributed by atoms with Crippen LogP contribution in [0.4, 0.5) is 0 Å². The molecule has 2 aromatic rings. The van der Waals surface area contributed by atoms with E-state index in [9.17, 15) is 9.59 Å². The van der Waals surface area contributed by atoms with E-state index in [4.69, 9.17) is 9.63 Å². The van der Waals surface area contributed by atoms with Gasteiger partial charge in [0, 0.05) is 19.4 Å². The molecule has 22 heavy (non-hydrogen) atoms. The van der Waals surface area contributed by atoms with Crippen LogP contribution in [0.3, 0.4) is 0 Å². The summed E-state index contributed by atoms with van der Waals surface area (Å²) < 4.78 is 5.11. The van der Waals surface area contributed by atoms with Crippen LogP contribution in [0.5, 0.6) is 0 Å².